The number of pyridine rings is 1. The Bertz CT molecular complexity index is 1010. The third-order valence-electron chi connectivity index (χ3n) is 4.05. The molecular weight excluding hydrogens is 335 g/mol. The predicted octanol–water partition coefficient (Wildman–Crippen LogP) is 2.95. The Morgan fingerprint density at radius 1 is 1.00 bits per heavy atom. The number of para-hydroxylation sites is 1. The highest BCUT2D eigenvalue weighted by Gasteiger charge is 2.10. The number of H-pyrrole nitrogens is 1. The molecule has 0 spiro atoms. The number of hydrogen-bond donors (Lipinski definition) is 2. The molecule has 3 aromatic rings. The van der Waals surface area contributed by atoms with Gasteiger partial charge in [0.15, 0.2) is 5.78 Å². The third-order valence-corrected chi connectivity index (χ3v) is 4.05. The summed E-state index contributed by atoms with van der Waals surface area (Å²) in [5.74, 6) is -0.975. The average Bonchev–Trinajstić information content (AvgIpc) is 2.65. The first-order chi connectivity index (χ1) is 12.5. The van der Waals surface area contributed by atoms with E-state index in [1.54, 1.807) is 12.1 Å². The van der Waals surface area contributed by atoms with Gasteiger partial charge in [0.25, 0.3) is 5.56 Å². The molecule has 0 fully saturated rings. The van der Waals surface area contributed by atoms with Gasteiger partial charge in [0, 0.05) is 36.0 Å². The van der Waals surface area contributed by atoms with Gasteiger partial charge in [-0.1, -0.05) is 18.2 Å². The lowest BCUT2D eigenvalue weighted by Gasteiger charge is -2.06. The third kappa shape index (κ3) is 4.22. The molecule has 0 atom stereocenters. The van der Waals surface area contributed by atoms with Gasteiger partial charge in [0.2, 0.25) is 5.91 Å². The first-order valence-corrected chi connectivity index (χ1v) is 8.19. The van der Waals surface area contributed by atoms with E-state index in [2.05, 4.69) is 10.3 Å². The summed E-state index contributed by atoms with van der Waals surface area (Å²) in [6.07, 6.45) is 0.0211. The minimum atomic E-state index is -0.417. The number of benzene rings is 2. The number of aromatic nitrogens is 1. The smallest absolute Gasteiger partial charge is 0.253 e. The molecule has 2 aromatic carbocycles. The number of ketones is 1. The van der Waals surface area contributed by atoms with Gasteiger partial charge in [-0.2, -0.15) is 0 Å². The lowest BCUT2D eigenvalue weighted by Crippen LogP contribution is -2.27. The monoisotopic (exact) mass is 352 g/mol. The molecule has 26 heavy (non-hydrogen) atoms. The van der Waals surface area contributed by atoms with Crippen LogP contribution in [0.25, 0.3) is 10.9 Å². The molecule has 0 bridgehead atoms. The maximum Gasteiger partial charge on any atom is 0.253 e. The molecule has 132 valence electrons. The molecule has 1 amide bonds. The number of nitrogens with one attached hydrogen (secondary N) is 2. The number of carbonyl (C=O) groups excluding carboxylic acids is 2. The summed E-state index contributed by atoms with van der Waals surface area (Å²) in [4.78, 5) is 38.7. The molecule has 0 aliphatic carbocycles. The number of fused-ring (bicyclic) bond motifs is 1. The molecule has 3 rings (SSSR count). The van der Waals surface area contributed by atoms with Gasteiger partial charge < -0.3 is 10.3 Å². The summed E-state index contributed by atoms with van der Waals surface area (Å²) >= 11 is 0. The van der Waals surface area contributed by atoms with E-state index >= 15 is 0 Å². The van der Waals surface area contributed by atoms with Gasteiger partial charge in [-0.3, -0.25) is 14.4 Å². The van der Waals surface area contributed by atoms with E-state index in [9.17, 15) is 18.8 Å². The van der Waals surface area contributed by atoms with Crippen molar-refractivity contribution in [3.63, 3.8) is 0 Å². The fourth-order valence-corrected chi connectivity index (χ4v) is 2.61. The molecule has 1 heterocycles. The van der Waals surface area contributed by atoms with Crippen LogP contribution >= 0.6 is 0 Å². The average molecular weight is 352 g/mol. The predicted molar refractivity (Wildman–Crippen MR) is 96.4 cm³/mol. The maximum atomic E-state index is 12.9. The van der Waals surface area contributed by atoms with Crippen LogP contribution in [0.2, 0.25) is 0 Å². The molecular formula is C20H17FN2O3. The summed E-state index contributed by atoms with van der Waals surface area (Å²) in [5, 5.41) is 3.53. The zero-order chi connectivity index (χ0) is 18.5. The summed E-state index contributed by atoms with van der Waals surface area (Å²) in [5.41, 5.74) is 1.29. The number of hydrogen-bond acceptors (Lipinski definition) is 3. The SMILES string of the molecule is O=C(CCC(=O)c1ccc(F)cc1)NCc1cc2ccccc2[nH]c1=O. The van der Waals surface area contributed by atoms with E-state index in [0.29, 0.717) is 11.1 Å². The fourth-order valence-electron chi connectivity index (χ4n) is 2.61. The second-order valence-electron chi connectivity index (χ2n) is 5.92. The van der Waals surface area contributed by atoms with Crippen LogP contribution in [-0.2, 0) is 11.3 Å². The number of halogens is 1. The number of rotatable bonds is 6. The molecule has 5 nitrogen and oxygen atoms in total. The Kier molecular flexibility index (Phi) is 5.22. The Hall–Kier alpha value is -3.28. The Morgan fingerprint density at radius 3 is 2.50 bits per heavy atom. The second kappa shape index (κ2) is 7.74. The van der Waals surface area contributed by atoms with Crippen molar-refractivity contribution in [2.45, 2.75) is 19.4 Å². The molecule has 0 saturated heterocycles. The minimum Gasteiger partial charge on any atom is -0.352 e. The van der Waals surface area contributed by atoms with E-state index in [-0.39, 0.29) is 36.6 Å². The number of Topliss-reactive ketones (excluding diaryl/α,β-unsaturated/α-hetero) is 1. The van der Waals surface area contributed by atoms with E-state index in [1.165, 1.54) is 24.3 Å². The van der Waals surface area contributed by atoms with E-state index in [4.69, 9.17) is 0 Å². The summed E-state index contributed by atoms with van der Waals surface area (Å²) in [6, 6.07) is 14.3. The number of amides is 1. The van der Waals surface area contributed by atoms with Gasteiger partial charge >= 0.3 is 0 Å². The number of aromatic amines is 1. The van der Waals surface area contributed by atoms with Crippen molar-refractivity contribution in [1.82, 2.24) is 10.3 Å². The van der Waals surface area contributed by atoms with Gasteiger partial charge in [0.05, 0.1) is 0 Å². The largest absolute Gasteiger partial charge is 0.352 e. The Morgan fingerprint density at radius 2 is 1.73 bits per heavy atom. The molecule has 0 aliphatic heterocycles. The maximum absolute atomic E-state index is 12.9. The lowest BCUT2D eigenvalue weighted by molar-refractivity contribution is -0.121. The second-order valence-corrected chi connectivity index (χ2v) is 5.92. The summed E-state index contributed by atoms with van der Waals surface area (Å²) in [6.45, 7) is 0.0870. The van der Waals surface area contributed by atoms with Gasteiger partial charge in [0.1, 0.15) is 5.82 Å². The molecule has 6 heteroatoms. The van der Waals surface area contributed by atoms with Crippen LogP contribution in [0.3, 0.4) is 0 Å². The van der Waals surface area contributed by atoms with Crippen LogP contribution in [0.5, 0.6) is 0 Å². The van der Waals surface area contributed by atoms with Crippen LogP contribution in [-0.4, -0.2) is 16.7 Å². The van der Waals surface area contributed by atoms with Gasteiger partial charge in [-0.15, -0.1) is 0 Å². The highest BCUT2D eigenvalue weighted by atomic mass is 19.1. The standard InChI is InChI=1S/C20H17FN2O3/c21-16-7-5-13(6-8-16)18(24)9-10-19(25)22-12-15-11-14-3-1-2-4-17(14)23-20(15)26/h1-8,11H,9-10,12H2,(H,22,25)(H,23,26). The van der Waals surface area contributed by atoms with Gasteiger partial charge in [-0.25, -0.2) is 4.39 Å². The zero-order valence-electron chi connectivity index (χ0n) is 13.9. The van der Waals surface area contributed by atoms with E-state index in [0.717, 1.165) is 10.9 Å². The van der Waals surface area contributed by atoms with Crippen molar-refractivity contribution in [2.24, 2.45) is 0 Å². The highest BCUT2D eigenvalue weighted by Crippen LogP contribution is 2.10. The Labute approximate surface area is 148 Å². The van der Waals surface area contributed by atoms with Crippen molar-refractivity contribution in [3.05, 3.63) is 81.9 Å². The highest BCUT2D eigenvalue weighted by molar-refractivity contribution is 5.97. The fraction of sp³-hybridized carbons (Fsp3) is 0.150. The normalized spacial score (nSPS) is 10.7. The van der Waals surface area contributed by atoms with Crippen LogP contribution in [0.15, 0.2) is 59.4 Å². The first kappa shape index (κ1) is 17.5. The molecule has 0 aliphatic rings. The number of carbonyl (C=O) groups is 2. The quantitative estimate of drug-likeness (QED) is 0.670. The molecule has 2 N–H and O–H groups in total. The first-order valence-electron chi connectivity index (χ1n) is 8.19. The van der Waals surface area contributed by atoms with E-state index < -0.39 is 5.82 Å². The van der Waals surface area contributed by atoms with E-state index in [1.807, 2.05) is 18.2 Å². The molecule has 1 aromatic heterocycles. The van der Waals surface area contributed by atoms with Crippen molar-refractivity contribution in [3.8, 4) is 0 Å². The Balaban J connectivity index is 1.56. The topological polar surface area (TPSA) is 79.0 Å². The summed E-state index contributed by atoms with van der Waals surface area (Å²) in [7, 11) is 0. The van der Waals surface area contributed by atoms with Crippen molar-refractivity contribution < 1.29 is 14.0 Å². The van der Waals surface area contributed by atoms with Gasteiger partial charge in [-0.05, 0) is 41.8 Å². The lowest BCUT2D eigenvalue weighted by atomic mass is 10.1. The summed E-state index contributed by atoms with van der Waals surface area (Å²) < 4.78 is 12.9. The van der Waals surface area contributed by atoms with Crippen LogP contribution in [0, 0.1) is 5.82 Å². The minimum absolute atomic E-state index is 0.00168. The molecule has 0 unspecified atom stereocenters. The van der Waals surface area contributed by atoms with Crippen molar-refractivity contribution in [2.75, 3.05) is 0 Å². The van der Waals surface area contributed by atoms with Crippen molar-refractivity contribution >= 4 is 22.6 Å². The van der Waals surface area contributed by atoms with Crippen LogP contribution in [0.1, 0.15) is 28.8 Å². The molecule has 0 saturated carbocycles. The zero-order valence-corrected chi connectivity index (χ0v) is 13.9. The van der Waals surface area contributed by atoms with Crippen LogP contribution in [0.4, 0.5) is 4.39 Å². The van der Waals surface area contributed by atoms with Crippen LogP contribution < -0.4 is 10.9 Å². The van der Waals surface area contributed by atoms with Crippen molar-refractivity contribution in [1.29, 1.82) is 0 Å². The molecule has 0 radical (unpaired) electrons.